The van der Waals surface area contributed by atoms with Crippen molar-refractivity contribution in [1.29, 1.82) is 0 Å². The normalized spacial score (nSPS) is 10.8. The third-order valence-corrected chi connectivity index (χ3v) is 3.63. The summed E-state index contributed by atoms with van der Waals surface area (Å²) in [7, 11) is 0. The van der Waals surface area contributed by atoms with Crippen LogP contribution < -0.4 is 0 Å². The van der Waals surface area contributed by atoms with Crippen molar-refractivity contribution in [3.63, 3.8) is 0 Å². The minimum atomic E-state index is -0.0196. The van der Waals surface area contributed by atoms with Crippen LogP contribution in [0.2, 0.25) is 10.0 Å². The van der Waals surface area contributed by atoms with Crippen molar-refractivity contribution in [1.82, 2.24) is 4.98 Å². The molecule has 0 aliphatic carbocycles. The van der Waals surface area contributed by atoms with E-state index in [9.17, 15) is 5.11 Å². The minimum Gasteiger partial charge on any atom is -0.506 e. The monoisotopic (exact) mass is 289 g/mol. The molecule has 0 aliphatic heterocycles. The molecule has 0 saturated carbocycles. The maximum Gasteiger partial charge on any atom is 0.135 e. The molecule has 0 fully saturated rings. The molecule has 2 nitrogen and oxygen atoms in total. The third-order valence-electron chi connectivity index (χ3n) is 3.01. The van der Waals surface area contributed by atoms with E-state index < -0.39 is 0 Å². The van der Waals surface area contributed by atoms with E-state index in [0.717, 1.165) is 21.9 Å². The summed E-state index contributed by atoms with van der Waals surface area (Å²) in [5, 5.41) is 12.4. The van der Waals surface area contributed by atoms with Crippen molar-refractivity contribution in [2.24, 2.45) is 0 Å². The second-order valence-electron chi connectivity index (χ2n) is 4.19. The predicted octanol–water partition coefficient (Wildman–Crippen LogP) is 4.91. The molecule has 0 unspecified atom stereocenters. The lowest BCUT2D eigenvalue weighted by molar-refractivity contribution is 0.475. The molecule has 19 heavy (non-hydrogen) atoms. The zero-order valence-electron chi connectivity index (χ0n) is 9.77. The first-order valence-electron chi connectivity index (χ1n) is 5.68. The van der Waals surface area contributed by atoms with Gasteiger partial charge in [-0.15, -0.1) is 0 Å². The zero-order valence-corrected chi connectivity index (χ0v) is 11.3. The van der Waals surface area contributed by atoms with Gasteiger partial charge in [0, 0.05) is 29.4 Å². The molecular formula is C15H9Cl2NO. The Kier molecular flexibility index (Phi) is 3.05. The van der Waals surface area contributed by atoms with E-state index in [1.54, 1.807) is 18.5 Å². The Labute approximate surface area is 120 Å². The Morgan fingerprint density at radius 3 is 2.63 bits per heavy atom. The van der Waals surface area contributed by atoms with Crippen LogP contribution in [0.15, 0.2) is 48.8 Å². The van der Waals surface area contributed by atoms with Crippen LogP contribution in [-0.2, 0) is 0 Å². The molecule has 0 amide bonds. The topological polar surface area (TPSA) is 33.1 Å². The van der Waals surface area contributed by atoms with E-state index in [4.69, 9.17) is 23.2 Å². The zero-order chi connectivity index (χ0) is 13.4. The van der Waals surface area contributed by atoms with Crippen LogP contribution in [0.1, 0.15) is 0 Å². The smallest absolute Gasteiger partial charge is 0.135 e. The fourth-order valence-electron chi connectivity index (χ4n) is 2.09. The molecule has 0 saturated heterocycles. The maximum atomic E-state index is 9.56. The van der Waals surface area contributed by atoms with Gasteiger partial charge in [0.2, 0.25) is 0 Å². The molecule has 3 aromatic rings. The number of hydrogen-bond acceptors (Lipinski definition) is 2. The second-order valence-corrected chi connectivity index (χ2v) is 5.00. The summed E-state index contributed by atoms with van der Waals surface area (Å²) >= 11 is 12.2. The Morgan fingerprint density at radius 2 is 1.79 bits per heavy atom. The Morgan fingerprint density at radius 1 is 0.947 bits per heavy atom. The van der Waals surface area contributed by atoms with E-state index >= 15 is 0 Å². The number of aromatic nitrogens is 1. The fraction of sp³-hybridized carbons (Fsp3) is 0. The average molecular weight is 290 g/mol. The van der Waals surface area contributed by atoms with Crippen molar-refractivity contribution in [2.75, 3.05) is 0 Å². The number of phenolic OH excluding ortho intramolecular Hbond substituents is 1. The molecule has 1 aromatic heterocycles. The van der Waals surface area contributed by atoms with Gasteiger partial charge < -0.3 is 5.11 Å². The van der Waals surface area contributed by atoms with Gasteiger partial charge in [-0.05, 0) is 23.1 Å². The summed E-state index contributed by atoms with van der Waals surface area (Å²) < 4.78 is 0. The number of phenols is 1. The van der Waals surface area contributed by atoms with Gasteiger partial charge in [-0.25, -0.2) is 0 Å². The van der Waals surface area contributed by atoms with E-state index in [1.165, 1.54) is 6.07 Å². The highest BCUT2D eigenvalue weighted by atomic mass is 35.5. The molecule has 1 heterocycles. The Bertz CT molecular complexity index is 766. The van der Waals surface area contributed by atoms with E-state index in [0.29, 0.717) is 5.02 Å². The number of fused-ring (bicyclic) bond motifs is 1. The van der Waals surface area contributed by atoms with Crippen LogP contribution in [0.3, 0.4) is 0 Å². The number of hydrogen-bond donors (Lipinski definition) is 1. The van der Waals surface area contributed by atoms with E-state index in [1.807, 2.05) is 24.3 Å². The molecule has 0 radical (unpaired) electrons. The Balaban J connectivity index is 2.33. The van der Waals surface area contributed by atoms with Gasteiger partial charge in [0.15, 0.2) is 0 Å². The van der Waals surface area contributed by atoms with Gasteiger partial charge >= 0.3 is 0 Å². The highest BCUT2D eigenvalue weighted by Gasteiger charge is 2.11. The third kappa shape index (κ3) is 2.14. The lowest BCUT2D eigenvalue weighted by Gasteiger charge is -2.09. The number of pyridine rings is 1. The lowest BCUT2D eigenvalue weighted by atomic mass is 9.99. The predicted molar refractivity (Wildman–Crippen MR) is 78.9 cm³/mol. The van der Waals surface area contributed by atoms with Crippen molar-refractivity contribution in [3.05, 3.63) is 58.8 Å². The first-order chi connectivity index (χ1) is 9.16. The van der Waals surface area contributed by atoms with Crippen LogP contribution >= 0.6 is 23.2 Å². The summed E-state index contributed by atoms with van der Waals surface area (Å²) in [5.41, 5.74) is 1.72. The second kappa shape index (κ2) is 4.72. The SMILES string of the molecule is Oc1cc(Cl)c(-c2cccc3ccncc23)cc1Cl. The molecule has 3 rings (SSSR count). The Hall–Kier alpha value is -1.77. The van der Waals surface area contributed by atoms with Crippen molar-refractivity contribution >= 4 is 34.0 Å². The first kappa shape index (κ1) is 12.3. The van der Waals surface area contributed by atoms with Gasteiger partial charge in [0.1, 0.15) is 5.75 Å². The molecule has 0 spiro atoms. The molecule has 0 aliphatic rings. The number of benzene rings is 2. The summed E-state index contributed by atoms with van der Waals surface area (Å²) in [6.45, 7) is 0. The molecule has 94 valence electrons. The van der Waals surface area contributed by atoms with Crippen LogP contribution in [0.5, 0.6) is 5.75 Å². The summed E-state index contributed by atoms with van der Waals surface area (Å²) in [6, 6.07) is 11.0. The molecule has 4 heteroatoms. The van der Waals surface area contributed by atoms with Crippen LogP contribution in [-0.4, -0.2) is 10.1 Å². The van der Waals surface area contributed by atoms with E-state index in [-0.39, 0.29) is 10.8 Å². The van der Waals surface area contributed by atoms with Gasteiger partial charge in [-0.3, -0.25) is 4.98 Å². The van der Waals surface area contributed by atoms with Crippen molar-refractivity contribution in [2.45, 2.75) is 0 Å². The number of rotatable bonds is 1. The fourth-order valence-corrected chi connectivity index (χ4v) is 2.51. The number of nitrogens with zero attached hydrogens (tertiary/aromatic N) is 1. The maximum absolute atomic E-state index is 9.56. The minimum absolute atomic E-state index is 0.0196. The molecular weight excluding hydrogens is 281 g/mol. The highest BCUT2D eigenvalue weighted by Crippen LogP contribution is 2.38. The highest BCUT2D eigenvalue weighted by molar-refractivity contribution is 6.36. The largest absolute Gasteiger partial charge is 0.506 e. The quantitative estimate of drug-likeness (QED) is 0.690. The van der Waals surface area contributed by atoms with Crippen molar-refractivity contribution < 1.29 is 5.11 Å². The molecule has 2 aromatic carbocycles. The molecule has 1 N–H and O–H groups in total. The van der Waals surface area contributed by atoms with Gasteiger partial charge in [0.25, 0.3) is 0 Å². The molecule has 0 atom stereocenters. The summed E-state index contributed by atoms with van der Waals surface area (Å²) in [4.78, 5) is 4.14. The van der Waals surface area contributed by atoms with Gasteiger partial charge in [-0.1, -0.05) is 41.4 Å². The number of aromatic hydroxyl groups is 1. The van der Waals surface area contributed by atoms with E-state index in [2.05, 4.69) is 4.98 Å². The molecule has 0 bridgehead atoms. The summed E-state index contributed by atoms with van der Waals surface area (Å²) in [5.74, 6) is -0.0196. The van der Waals surface area contributed by atoms with Gasteiger partial charge in [-0.2, -0.15) is 0 Å². The standard InChI is InChI=1S/C15H9Cl2NO/c16-13-7-15(19)14(17)6-11(13)10-3-1-2-9-4-5-18-8-12(9)10/h1-8,19H. The summed E-state index contributed by atoms with van der Waals surface area (Å²) in [6.07, 6.45) is 3.54. The van der Waals surface area contributed by atoms with Crippen LogP contribution in [0.4, 0.5) is 0 Å². The lowest BCUT2D eigenvalue weighted by Crippen LogP contribution is -1.84. The number of halogens is 2. The van der Waals surface area contributed by atoms with Crippen molar-refractivity contribution in [3.8, 4) is 16.9 Å². The van der Waals surface area contributed by atoms with Gasteiger partial charge in [0.05, 0.1) is 10.0 Å². The first-order valence-corrected chi connectivity index (χ1v) is 6.43. The average Bonchev–Trinajstić information content (AvgIpc) is 2.42. The van der Waals surface area contributed by atoms with Crippen LogP contribution in [0, 0.1) is 0 Å². The van der Waals surface area contributed by atoms with Crippen LogP contribution in [0.25, 0.3) is 21.9 Å².